The van der Waals surface area contributed by atoms with E-state index in [0.29, 0.717) is 11.8 Å². The highest BCUT2D eigenvalue weighted by Crippen LogP contribution is 2.33. The zero-order valence-electron chi connectivity index (χ0n) is 15.3. The first-order chi connectivity index (χ1) is 13.1. The number of aliphatic hydroxyl groups excluding tert-OH is 1. The topological polar surface area (TPSA) is 49.5 Å². The van der Waals surface area contributed by atoms with Crippen LogP contribution in [0.4, 0.5) is 4.39 Å². The van der Waals surface area contributed by atoms with E-state index in [1.165, 1.54) is 12.1 Å². The van der Waals surface area contributed by atoms with Gasteiger partial charge in [0.1, 0.15) is 11.6 Å². The molecule has 0 bridgehead atoms. The molecule has 4 rings (SSSR count). The highest BCUT2D eigenvalue weighted by Gasteiger charge is 2.27. The smallest absolute Gasteiger partial charge is 0.226 e. The minimum Gasteiger partial charge on any atom is -0.441 e. The molecule has 0 radical (unpaired) electrons. The number of hydrogen-bond donors (Lipinski definition) is 1. The Morgan fingerprint density at radius 1 is 1.26 bits per heavy atom. The monoisotopic (exact) mass is 386 g/mol. The summed E-state index contributed by atoms with van der Waals surface area (Å²) in [4.78, 5) is 8.04. The number of thiophene rings is 1. The first-order valence-electron chi connectivity index (χ1n) is 9.26. The summed E-state index contributed by atoms with van der Waals surface area (Å²) in [5, 5.41) is 12.6. The van der Waals surface area contributed by atoms with Gasteiger partial charge in [-0.05, 0) is 74.5 Å². The van der Waals surface area contributed by atoms with Crippen LogP contribution in [0.1, 0.15) is 35.3 Å². The lowest BCUT2D eigenvalue weighted by atomic mass is 9.90. The van der Waals surface area contributed by atoms with Crippen molar-refractivity contribution in [2.45, 2.75) is 32.4 Å². The number of aryl methyl sites for hydroxylation is 1. The van der Waals surface area contributed by atoms with Gasteiger partial charge in [-0.15, -0.1) is 11.3 Å². The predicted octanol–water partition coefficient (Wildman–Crippen LogP) is 4.80. The Morgan fingerprint density at radius 3 is 2.67 bits per heavy atom. The second-order valence-corrected chi connectivity index (χ2v) is 8.08. The Hall–Kier alpha value is -2.02. The van der Waals surface area contributed by atoms with Crippen LogP contribution in [0.25, 0.3) is 11.5 Å². The van der Waals surface area contributed by atoms with E-state index in [-0.39, 0.29) is 11.9 Å². The van der Waals surface area contributed by atoms with Crippen molar-refractivity contribution in [3.05, 3.63) is 63.9 Å². The summed E-state index contributed by atoms with van der Waals surface area (Å²) in [6.07, 6.45) is 1.59. The van der Waals surface area contributed by atoms with Crippen LogP contribution in [0.5, 0.6) is 0 Å². The summed E-state index contributed by atoms with van der Waals surface area (Å²) in [5.41, 5.74) is 1.70. The predicted molar refractivity (Wildman–Crippen MR) is 104 cm³/mol. The van der Waals surface area contributed by atoms with E-state index in [1.807, 2.05) is 24.4 Å². The number of piperidine rings is 1. The molecule has 6 heteroatoms. The fraction of sp³-hybridized carbons (Fsp3) is 0.381. The number of halogens is 1. The molecule has 2 aromatic heterocycles. The number of benzene rings is 1. The molecule has 3 aromatic rings. The van der Waals surface area contributed by atoms with Crippen LogP contribution in [0, 0.1) is 18.7 Å². The molecular formula is C21H23FN2O2S. The number of rotatable bonds is 5. The first-order valence-corrected chi connectivity index (χ1v) is 10.1. The molecule has 4 nitrogen and oxygen atoms in total. The van der Waals surface area contributed by atoms with Gasteiger partial charge in [0.2, 0.25) is 5.89 Å². The number of hydrogen-bond acceptors (Lipinski definition) is 5. The molecule has 27 heavy (non-hydrogen) atoms. The third kappa shape index (κ3) is 4.13. The molecule has 1 saturated heterocycles. The van der Waals surface area contributed by atoms with Crippen LogP contribution >= 0.6 is 11.3 Å². The van der Waals surface area contributed by atoms with Crippen molar-refractivity contribution >= 4 is 11.3 Å². The molecular weight excluding hydrogens is 363 g/mol. The number of nitrogens with zero attached hydrogens (tertiary/aromatic N) is 2. The van der Waals surface area contributed by atoms with Crippen LogP contribution < -0.4 is 0 Å². The van der Waals surface area contributed by atoms with E-state index < -0.39 is 0 Å². The Bertz CT molecular complexity index is 868. The zero-order chi connectivity index (χ0) is 18.8. The highest BCUT2D eigenvalue weighted by atomic mass is 32.1. The Kier molecular flexibility index (Phi) is 5.38. The largest absolute Gasteiger partial charge is 0.441 e. The maximum absolute atomic E-state index is 13.1. The number of likely N-dealkylation sites (tertiary alicyclic amines) is 1. The number of oxazole rings is 1. The van der Waals surface area contributed by atoms with Gasteiger partial charge < -0.3 is 9.52 Å². The third-order valence-corrected chi connectivity index (χ3v) is 6.21. The molecule has 0 amide bonds. The summed E-state index contributed by atoms with van der Waals surface area (Å²) in [6, 6.07) is 10.2. The second kappa shape index (κ2) is 7.92. The van der Waals surface area contributed by atoms with Gasteiger partial charge in [0.15, 0.2) is 0 Å². The first kappa shape index (κ1) is 18.3. The van der Waals surface area contributed by atoms with Crippen molar-refractivity contribution in [2.75, 3.05) is 13.1 Å². The van der Waals surface area contributed by atoms with Crippen LogP contribution in [-0.4, -0.2) is 28.1 Å². The van der Waals surface area contributed by atoms with Gasteiger partial charge in [-0.2, -0.15) is 0 Å². The van der Waals surface area contributed by atoms with E-state index >= 15 is 0 Å². The summed E-state index contributed by atoms with van der Waals surface area (Å²) >= 11 is 1.62. The molecule has 1 aliphatic heterocycles. The number of aliphatic hydroxyl groups is 1. The molecule has 0 spiro atoms. The van der Waals surface area contributed by atoms with Crippen molar-refractivity contribution in [3.63, 3.8) is 0 Å². The van der Waals surface area contributed by atoms with Gasteiger partial charge >= 0.3 is 0 Å². The average molecular weight is 386 g/mol. The fourth-order valence-electron chi connectivity index (χ4n) is 3.62. The van der Waals surface area contributed by atoms with E-state index in [0.717, 1.165) is 54.4 Å². The van der Waals surface area contributed by atoms with E-state index in [9.17, 15) is 9.50 Å². The van der Waals surface area contributed by atoms with Crippen LogP contribution in [-0.2, 0) is 6.54 Å². The van der Waals surface area contributed by atoms with Crippen LogP contribution in [0.15, 0.2) is 46.2 Å². The zero-order valence-corrected chi connectivity index (χ0v) is 16.1. The summed E-state index contributed by atoms with van der Waals surface area (Å²) in [7, 11) is 0. The van der Waals surface area contributed by atoms with Crippen molar-refractivity contribution in [1.82, 2.24) is 9.88 Å². The maximum atomic E-state index is 13.1. The molecule has 1 N–H and O–H groups in total. The highest BCUT2D eigenvalue weighted by molar-refractivity contribution is 7.10. The molecule has 1 atom stereocenters. The minimum absolute atomic E-state index is 0.269. The lowest BCUT2D eigenvalue weighted by Crippen LogP contribution is -2.35. The Balaban J connectivity index is 1.37. The van der Waals surface area contributed by atoms with Gasteiger partial charge in [0, 0.05) is 17.0 Å². The lowest BCUT2D eigenvalue weighted by Gasteiger charge is -2.33. The Morgan fingerprint density at radius 2 is 2.00 bits per heavy atom. The standard InChI is InChI=1S/C21H23FN2O2S/c1-14-18(23-21(26-14)16-4-6-17(22)7-5-16)13-24-10-8-15(9-11-24)20(25)19-3-2-12-27-19/h2-7,12,15,20,25H,8-11,13H2,1H3/t20-/m1/s1. The van der Waals surface area contributed by atoms with Gasteiger partial charge in [0.25, 0.3) is 0 Å². The van der Waals surface area contributed by atoms with Gasteiger partial charge in [-0.3, -0.25) is 4.90 Å². The van der Waals surface area contributed by atoms with E-state index in [1.54, 1.807) is 23.5 Å². The molecule has 1 aliphatic rings. The van der Waals surface area contributed by atoms with Crippen molar-refractivity contribution < 1.29 is 13.9 Å². The summed E-state index contributed by atoms with van der Waals surface area (Å²) in [6.45, 7) is 4.53. The maximum Gasteiger partial charge on any atom is 0.226 e. The van der Waals surface area contributed by atoms with Crippen molar-refractivity contribution in [3.8, 4) is 11.5 Å². The minimum atomic E-state index is -0.356. The lowest BCUT2D eigenvalue weighted by molar-refractivity contribution is 0.0586. The van der Waals surface area contributed by atoms with Crippen LogP contribution in [0.2, 0.25) is 0 Å². The van der Waals surface area contributed by atoms with Crippen LogP contribution in [0.3, 0.4) is 0 Å². The van der Waals surface area contributed by atoms with Gasteiger partial charge in [-0.1, -0.05) is 6.07 Å². The molecule has 142 valence electrons. The average Bonchev–Trinajstić information content (AvgIpc) is 3.33. The second-order valence-electron chi connectivity index (χ2n) is 7.10. The Labute approximate surface area is 162 Å². The van der Waals surface area contributed by atoms with Crippen molar-refractivity contribution in [1.29, 1.82) is 0 Å². The van der Waals surface area contributed by atoms with Crippen molar-refractivity contribution in [2.24, 2.45) is 5.92 Å². The third-order valence-electron chi connectivity index (χ3n) is 5.27. The van der Waals surface area contributed by atoms with Gasteiger partial charge in [-0.25, -0.2) is 9.37 Å². The quantitative estimate of drug-likeness (QED) is 0.685. The van der Waals surface area contributed by atoms with Gasteiger partial charge in [0.05, 0.1) is 11.8 Å². The molecule has 0 aliphatic carbocycles. The van der Waals surface area contributed by atoms with E-state index in [4.69, 9.17) is 4.42 Å². The SMILES string of the molecule is Cc1oc(-c2ccc(F)cc2)nc1CN1CCC([C@@H](O)c2cccs2)CC1. The molecule has 3 heterocycles. The molecule has 1 aromatic carbocycles. The summed E-state index contributed by atoms with van der Waals surface area (Å²) in [5.74, 6) is 1.38. The molecule has 0 saturated carbocycles. The normalized spacial score (nSPS) is 17.3. The number of aromatic nitrogens is 1. The molecule has 1 fully saturated rings. The van der Waals surface area contributed by atoms with E-state index in [2.05, 4.69) is 9.88 Å². The molecule has 0 unspecified atom stereocenters. The fourth-order valence-corrected chi connectivity index (χ4v) is 4.42. The summed E-state index contributed by atoms with van der Waals surface area (Å²) < 4.78 is 18.9.